The van der Waals surface area contributed by atoms with Gasteiger partial charge in [0.1, 0.15) is 17.6 Å². The minimum absolute atomic E-state index is 0. The van der Waals surface area contributed by atoms with Crippen LogP contribution in [0.5, 0.6) is 5.75 Å². The van der Waals surface area contributed by atoms with Gasteiger partial charge in [0.2, 0.25) is 0 Å². The molecule has 1 unspecified atom stereocenters. The summed E-state index contributed by atoms with van der Waals surface area (Å²) in [7, 11) is 0. The molecule has 0 N–H and O–H groups in total. The Hall–Kier alpha value is -0.210. The third kappa shape index (κ3) is 4.43. The summed E-state index contributed by atoms with van der Waals surface area (Å²) in [6, 6.07) is 8.34. The van der Waals surface area contributed by atoms with Crippen LogP contribution in [-0.2, 0) is 9.08 Å². The third-order valence-corrected chi connectivity index (χ3v) is 1.90. The summed E-state index contributed by atoms with van der Waals surface area (Å²) < 4.78 is 6.62. The van der Waals surface area contributed by atoms with E-state index in [1.54, 1.807) is 30.3 Å². The molecule has 1 aromatic rings. The molecule has 0 radical (unpaired) electrons. The molecule has 15 heavy (non-hydrogen) atoms. The third-order valence-electron chi connectivity index (χ3n) is 1.30. The second kappa shape index (κ2) is 6.39. The molecule has 0 fully saturated rings. The van der Waals surface area contributed by atoms with Crippen molar-refractivity contribution in [2.24, 2.45) is 0 Å². The normalized spacial score (nSPS) is 10.1. The first-order valence-corrected chi connectivity index (χ1v) is 4.57. The Kier molecular flexibility index (Phi) is 6.30. The highest BCUT2D eigenvalue weighted by Gasteiger charge is 2.38. The molecule has 0 amide bonds. The molecule has 1 aromatic carbocycles. The van der Waals surface area contributed by atoms with Gasteiger partial charge in [-0.3, -0.25) is 0 Å². The van der Waals surface area contributed by atoms with Crippen molar-refractivity contribution < 1.29 is 13.8 Å². The number of rotatable bonds is 3. The number of alkyl halides is 2. The van der Waals surface area contributed by atoms with E-state index in [1.807, 2.05) is 0 Å². The Bertz CT molecular complexity index is 318. The van der Waals surface area contributed by atoms with Gasteiger partial charge in [-0.2, -0.15) is 9.90 Å². The molecule has 7 heteroatoms. The predicted molar refractivity (Wildman–Crippen MR) is 64.6 cm³/mol. The summed E-state index contributed by atoms with van der Waals surface area (Å²) in [5.74, 6) is -0.758. The molecule has 0 aromatic heterocycles. The summed E-state index contributed by atoms with van der Waals surface area (Å²) in [6.07, 6.45) is 0. The number of halogens is 3. The van der Waals surface area contributed by atoms with Crippen LogP contribution in [-0.4, -0.2) is 10.5 Å². The maximum atomic E-state index is 10.9. The first-order chi connectivity index (χ1) is 6.56. The summed E-state index contributed by atoms with van der Waals surface area (Å²) in [6.45, 7) is 0. The Morgan fingerprint density at radius 2 is 1.73 bits per heavy atom. The SMILES string of the molecule is O=C(OCl)C(Cl)(Cl)Oc1ccccc1.P. The first kappa shape index (κ1) is 14.8. The van der Waals surface area contributed by atoms with Crippen molar-refractivity contribution in [3.05, 3.63) is 30.3 Å². The minimum Gasteiger partial charge on any atom is -0.449 e. The largest absolute Gasteiger partial charge is 0.449 e. The van der Waals surface area contributed by atoms with Crippen molar-refractivity contribution in [2.45, 2.75) is 4.52 Å². The molecular formula is C8H8Cl3O3P. The molecule has 0 aliphatic carbocycles. The van der Waals surface area contributed by atoms with Crippen LogP contribution < -0.4 is 4.74 Å². The van der Waals surface area contributed by atoms with Crippen LogP contribution in [0.1, 0.15) is 0 Å². The van der Waals surface area contributed by atoms with E-state index >= 15 is 0 Å². The van der Waals surface area contributed by atoms with E-state index in [1.165, 1.54) is 0 Å². The molecular weight excluding hydrogens is 281 g/mol. The molecule has 0 aliphatic heterocycles. The van der Waals surface area contributed by atoms with Gasteiger partial charge in [-0.25, -0.2) is 4.79 Å². The molecule has 0 saturated heterocycles. The van der Waals surface area contributed by atoms with E-state index in [-0.39, 0.29) is 9.90 Å². The lowest BCUT2D eigenvalue weighted by Crippen LogP contribution is -2.32. The van der Waals surface area contributed by atoms with Crippen LogP contribution >= 0.6 is 45.0 Å². The smallest absolute Gasteiger partial charge is 0.401 e. The summed E-state index contributed by atoms with van der Waals surface area (Å²) >= 11 is 15.8. The van der Waals surface area contributed by atoms with Crippen LogP contribution in [0.15, 0.2) is 30.3 Å². The number of carbonyl (C=O) groups excluding carboxylic acids is 1. The van der Waals surface area contributed by atoms with E-state index in [9.17, 15) is 4.79 Å². The number of para-hydroxylation sites is 1. The fourth-order valence-corrected chi connectivity index (χ4v) is 1.17. The molecule has 0 aliphatic rings. The number of benzene rings is 1. The lowest BCUT2D eigenvalue weighted by molar-refractivity contribution is -0.140. The van der Waals surface area contributed by atoms with Crippen molar-refractivity contribution >= 4 is 50.9 Å². The molecule has 0 bridgehead atoms. The fourth-order valence-electron chi connectivity index (χ4n) is 0.723. The highest BCUT2D eigenvalue weighted by Crippen LogP contribution is 2.27. The van der Waals surface area contributed by atoms with Crippen LogP contribution in [0.25, 0.3) is 0 Å². The standard InChI is InChI=1S/C8H5Cl3O3.H3P/c9-8(10,7(12)14-11)13-6-4-2-1-3-5-6;/h1-5H;1H3. The maximum absolute atomic E-state index is 10.9. The van der Waals surface area contributed by atoms with Gasteiger partial charge in [0.05, 0.1) is 0 Å². The molecule has 3 nitrogen and oxygen atoms in total. The highest BCUT2D eigenvalue weighted by molar-refractivity contribution is 6.92. The fraction of sp³-hybridized carbons (Fsp3) is 0.125. The quantitative estimate of drug-likeness (QED) is 0.634. The molecule has 0 saturated carbocycles. The molecule has 84 valence electrons. The summed E-state index contributed by atoms with van der Waals surface area (Å²) in [5.41, 5.74) is 0. The zero-order chi connectivity index (χ0) is 10.6. The van der Waals surface area contributed by atoms with Gasteiger partial charge < -0.3 is 9.03 Å². The topological polar surface area (TPSA) is 35.5 Å². The second-order valence-corrected chi connectivity index (χ2v) is 3.71. The van der Waals surface area contributed by atoms with E-state index in [0.29, 0.717) is 5.75 Å². The summed E-state index contributed by atoms with van der Waals surface area (Å²) in [4.78, 5) is 10.9. The zero-order valence-electron chi connectivity index (χ0n) is 7.45. The predicted octanol–water partition coefficient (Wildman–Crippen LogP) is 2.95. The van der Waals surface area contributed by atoms with E-state index < -0.39 is 10.5 Å². The average Bonchev–Trinajstić information content (AvgIpc) is 2.17. The molecule has 0 spiro atoms. The van der Waals surface area contributed by atoms with Crippen LogP contribution in [0.2, 0.25) is 0 Å². The van der Waals surface area contributed by atoms with Gasteiger partial charge in [-0.05, 0) is 35.3 Å². The zero-order valence-corrected chi connectivity index (χ0v) is 11.1. The number of hydrogen-bond acceptors (Lipinski definition) is 3. The Labute approximate surface area is 105 Å². The van der Waals surface area contributed by atoms with Crippen molar-refractivity contribution in [1.29, 1.82) is 0 Å². The van der Waals surface area contributed by atoms with Crippen molar-refractivity contribution in [1.82, 2.24) is 0 Å². The molecule has 0 heterocycles. The minimum atomic E-state index is -2.14. The molecule has 1 rings (SSSR count). The number of carbonyl (C=O) groups is 1. The van der Waals surface area contributed by atoms with Crippen molar-refractivity contribution in [2.75, 3.05) is 0 Å². The van der Waals surface area contributed by atoms with Gasteiger partial charge >= 0.3 is 10.5 Å². The highest BCUT2D eigenvalue weighted by atomic mass is 35.5. The summed E-state index contributed by atoms with van der Waals surface area (Å²) in [5, 5.41) is 0. The Morgan fingerprint density at radius 3 is 2.20 bits per heavy atom. The van der Waals surface area contributed by atoms with Gasteiger partial charge in [0, 0.05) is 0 Å². The Morgan fingerprint density at radius 1 is 1.20 bits per heavy atom. The molecule has 1 atom stereocenters. The van der Waals surface area contributed by atoms with Gasteiger partial charge in [-0.15, -0.1) is 0 Å². The second-order valence-electron chi connectivity index (χ2n) is 2.30. The van der Waals surface area contributed by atoms with E-state index in [0.717, 1.165) is 0 Å². The maximum Gasteiger partial charge on any atom is 0.401 e. The van der Waals surface area contributed by atoms with E-state index in [2.05, 4.69) is 4.29 Å². The number of hydrogen-bond donors (Lipinski definition) is 0. The lowest BCUT2D eigenvalue weighted by atomic mass is 10.3. The van der Waals surface area contributed by atoms with Crippen LogP contribution in [0, 0.1) is 0 Å². The number of ether oxygens (including phenoxy) is 1. The van der Waals surface area contributed by atoms with Gasteiger partial charge in [0.25, 0.3) is 0 Å². The van der Waals surface area contributed by atoms with Gasteiger partial charge in [-0.1, -0.05) is 18.2 Å². The van der Waals surface area contributed by atoms with Crippen LogP contribution in [0.3, 0.4) is 0 Å². The van der Waals surface area contributed by atoms with Gasteiger partial charge in [0.15, 0.2) is 0 Å². The van der Waals surface area contributed by atoms with Crippen molar-refractivity contribution in [3.8, 4) is 5.75 Å². The van der Waals surface area contributed by atoms with Crippen LogP contribution in [0.4, 0.5) is 0 Å². The lowest BCUT2D eigenvalue weighted by Gasteiger charge is -2.16. The first-order valence-electron chi connectivity index (χ1n) is 3.51. The Balaban J connectivity index is 0.00000196. The van der Waals surface area contributed by atoms with Crippen molar-refractivity contribution in [3.63, 3.8) is 0 Å². The monoisotopic (exact) mass is 288 g/mol. The average molecular weight is 289 g/mol. The van der Waals surface area contributed by atoms with E-state index in [4.69, 9.17) is 39.8 Å².